The lowest BCUT2D eigenvalue weighted by Gasteiger charge is -2.34. The van der Waals surface area contributed by atoms with Gasteiger partial charge in [0.25, 0.3) is 5.91 Å². The van der Waals surface area contributed by atoms with Gasteiger partial charge in [0.15, 0.2) is 0 Å². The quantitative estimate of drug-likeness (QED) is 0.688. The third-order valence-corrected chi connectivity index (χ3v) is 7.80. The van der Waals surface area contributed by atoms with Crippen molar-refractivity contribution in [3.63, 3.8) is 0 Å². The second kappa shape index (κ2) is 8.26. The van der Waals surface area contributed by atoms with Crippen LogP contribution in [-0.2, 0) is 15.4 Å². The molecule has 0 N–H and O–H groups in total. The van der Waals surface area contributed by atoms with Gasteiger partial charge in [-0.2, -0.15) is 4.31 Å². The summed E-state index contributed by atoms with van der Waals surface area (Å²) in [5.41, 5.74) is 1.36. The third-order valence-electron chi connectivity index (χ3n) is 5.07. The van der Waals surface area contributed by atoms with Gasteiger partial charge in [-0.1, -0.05) is 62.2 Å². The maximum atomic E-state index is 13.0. The summed E-state index contributed by atoms with van der Waals surface area (Å²) in [6, 6.07) is 11.9. The Morgan fingerprint density at radius 1 is 0.931 bits per heavy atom. The van der Waals surface area contributed by atoms with Gasteiger partial charge in [-0.25, -0.2) is 8.42 Å². The van der Waals surface area contributed by atoms with E-state index in [0.29, 0.717) is 23.7 Å². The van der Waals surface area contributed by atoms with E-state index in [1.54, 1.807) is 35.2 Å². The van der Waals surface area contributed by atoms with Gasteiger partial charge in [0.05, 0.1) is 20.5 Å². The van der Waals surface area contributed by atoms with Gasteiger partial charge in [-0.15, -0.1) is 0 Å². The van der Waals surface area contributed by atoms with Crippen LogP contribution in [0.4, 0.5) is 0 Å². The zero-order valence-corrected chi connectivity index (χ0v) is 19.0. The van der Waals surface area contributed by atoms with Crippen LogP contribution in [0.5, 0.6) is 0 Å². The standard InChI is InChI=1S/C21H24Cl2N2O3S/c1-21(2,3)15-7-9-16(10-8-15)29(27,28)25-13-11-24(12-14-25)20(26)17-5-4-6-18(22)19(17)23/h4-10H,11-14H2,1-3H3. The SMILES string of the molecule is CC(C)(C)c1ccc(S(=O)(=O)N2CCN(C(=O)c3cccc(Cl)c3Cl)CC2)cc1. The molecule has 156 valence electrons. The van der Waals surface area contributed by atoms with Gasteiger partial charge >= 0.3 is 0 Å². The predicted molar refractivity (Wildman–Crippen MR) is 116 cm³/mol. The molecule has 0 bridgehead atoms. The fraction of sp³-hybridized carbons (Fsp3) is 0.381. The average molecular weight is 455 g/mol. The number of benzene rings is 2. The molecule has 2 aromatic rings. The number of nitrogens with zero attached hydrogens (tertiary/aromatic N) is 2. The van der Waals surface area contributed by atoms with Crippen LogP contribution in [0.3, 0.4) is 0 Å². The van der Waals surface area contributed by atoms with Crippen LogP contribution >= 0.6 is 23.2 Å². The minimum Gasteiger partial charge on any atom is -0.336 e. The molecule has 1 heterocycles. The van der Waals surface area contributed by atoms with Crippen molar-refractivity contribution in [2.75, 3.05) is 26.2 Å². The summed E-state index contributed by atoms with van der Waals surface area (Å²) in [6.07, 6.45) is 0. The van der Waals surface area contributed by atoms with Crippen LogP contribution < -0.4 is 0 Å². The Balaban J connectivity index is 1.71. The van der Waals surface area contributed by atoms with Gasteiger partial charge in [0.1, 0.15) is 0 Å². The summed E-state index contributed by atoms with van der Waals surface area (Å²) in [5.74, 6) is -0.246. The Morgan fingerprint density at radius 3 is 2.07 bits per heavy atom. The van der Waals surface area contributed by atoms with Crippen LogP contribution in [0.25, 0.3) is 0 Å². The highest BCUT2D eigenvalue weighted by molar-refractivity contribution is 7.89. The van der Waals surface area contributed by atoms with Crippen molar-refractivity contribution in [2.24, 2.45) is 0 Å². The number of hydrogen-bond acceptors (Lipinski definition) is 3. The van der Waals surface area contributed by atoms with Gasteiger partial charge in [0, 0.05) is 26.2 Å². The minimum atomic E-state index is -3.60. The monoisotopic (exact) mass is 454 g/mol. The van der Waals surface area contributed by atoms with Gasteiger partial charge in [0.2, 0.25) is 10.0 Å². The van der Waals surface area contributed by atoms with E-state index in [-0.39, 0.29) is 34.3 Å². The van der Waals surface area contributed by atoms with E-state index in [2.05, 4.69) is 20.8 Å². The molecule has 8 heteroatoms. The first-order valence-corrected chi connectivity index (χ1v) is 11.6. The fourth-order valence-electron chi connectivity index (χ4n) is 3.25. The van der Waals surface area contributed by atoms with Gasteiger partial charge in [-0.05, 0) is 35.2 Å². The number of carbonyl (C=O) groups is 1. The van der Waals surface area contributed by atoms with Crippen LogP contribution in [-0.4, -0.2) is 49.7 Å². The number of halogens is 2. The van der Waals surface area contributed by atoms with Crippen molar-refractivity contribution in [3.05, 3.63) is 63.6 Å². The van der Waals surface area contributed by atoms with Crippen molar-refractivity contribution >= 4 is 39.1 Å². The number of amides is 1. The van der Waals surface area contributed by atoms with E-state index in [9.17, 15) is 13.2 Å². The van der Waals surface area contributed by atoms with Crippen molar-refractivity contribution < 1.29 is 13.2 Å². The third kappa shape index (κ3) is 4.61. The minimum absolute atomic E-state index is 0.0457. The molecule has 0 spiro atoms. The normalized spacial score (nSPS) is 16.1. The van der Waals surface area contributed by atoms with Gasteiger partial charge < -0.3 is 4.90 Å². The van der Waals surface area contributed by atoms with Crippen molar-refractivity contribution in [1.82, 2.24) is 9.21 Å². The van der Waals surface area contributed by atoms with E-state index >= 15 is 0 Å². The Morgan fingerprint density at radius 2 is 1.52 bits per heavy atom. The van der Waals surface area contributed by atoms with Crippen LogP contribution in [0.15, 0.2) is 47.4 Å². The highest BCUT2D eigenvalue weighted by Crippen LogP contribution is 2.28. The Bertz CT molecular complexity index is 1010. The van der Waals surface area contributed by atoms with Crippen molar-refractivity contribution in [3.8, 4) is 0 Å². The molecule has 0 aromatic heterocycles. The van der Waals surface area contributed by atoms with E-state index < -0.39 is 10.0 Å². The molecule has 0 aliphatic carbocycles. The molecule has 1 amide bonds. The average Bonchev–Trinajstić information content (AvgIpc) is 2.69. The summed E-state index contributed by atoms with van der Waals surface area (Å²) in [6.45, 7) is 7.29. The highest BCUT2D eigenvalue weighted by atomic mass is 35.5. The van der Waals surface area contributed by atoms with Crippen LogP contribution in [0.2, 0.25) is 10.0 Å². The second-order valence-corrected chi connectivity index (χ2v) is 10.8. The van der Waals surface area contributed by atoms with Crippen molar-refractivity contribution in [2.45, 2.75) is 31.1 Å². The summed E-state index contributed by atoms with van der Waals surface area (Å²) < 4.78 is 27.4. The molecule has 1 fully saturated rings. The molecule has 1 aliphatic rings. The molecule has 1 saturated heterocycles. The molecule has 0 unspecified atom stereocenters. The van der Waals surface area contributed by atoms with Gasteiger partial charge in [-0.3, -0.25) is 4.79 Å². The van der Waals surface area contributed by atoms with E-state index in [1.807, 2.05) is 12.1 Å². The lowest BCUT2D eigenvalue weighted by molar-refractivity contribution is 0.0698. The molecule has 0 saturated carbocycles. The molecule has 29 heavy (non-hydrogen) atoms. The summed E-state index contributed by atoms with van der Waals surface area (Å²) in [5, 5.41) is 0.533. The molecular formula is C21H24Cl2N2O3S. The highest BCUT2D eigenvalue weighted by Gasteiger charge is 2.31. The second-order valence-electron chi connectivity index (χ2n) is 8.07. The maximum absolute atomic E-state index is 13.0. The maximum Gasteiger partial charge on any atom is 0.255 e. The first-order chi connectivity index (χ1) is 13.5. The number of piperazine rings is 1. The van der Waals surface area contributed by atoms with E-state index in [1.165, 1.54) is 4.31 Å². The van der Waals surface area contributed by atoms with Crippen LogP contribution in [0.1, 0.15) is 36.7 Å². The summed E-state index contributed by atoms with van der Waals surface area (Å²) >= 11 is 12.1. The molecule has 0 atom stereocenters. The van der Waals surface area contributed by atoms with Crippen molar-refractivity contribution in [1.29, 1.82) is 0 Å². The fourth-order valence-corrected chi connectivity index (χ4v) is 5.05. The molecule has 1 aliphatic heterocycles. The van der Waals surface area contributed by atoms with E-state index in [0.717, 1.165) is 5.56 Å². The lowest BCUT2D eigenvalue weighted by Crippen LogP contribution is -2.50. The molecular weight excluding hydrogens is 431 g/mol. The molecule has 5 nitrogen and oxygen atoms in total. The summed E-state index contributed by atoms with van der Waals surface area (Å²) in [7, 11) is -3.60. The Kier molecular flexibility index (Phi) is 6.30. The van der Waals surface area contributed by atoms with Crippen LogP contribution in [0, 0.1) is 0 Å². The first kappa shape index (κ1) is 22.1. The zero-order valence-electron chi connectivity index (χ0n) is 16.7. The topological polar surface area (TPSA) is 57.7 Å². The molecule has 3 rings (SSSR count). The lowest BCUT2D eigenvalue weighted by atomic mass is 9.87. The number of carbonyl (C=O) groups excluding carboxylic acids is 1. The largest absolute Gasteiger partial charge is 0.336 e. The Hall–Kier alpha value is -1.60. The number of hydrogen-bond donors (Lipinski definition) is 0. The number of rotatable bonds is 3. The predicted octanol–water partition coefficient (Wildman–Crippen LogP) is 4.44. The smallest absolute Gasteiger partial charge is 0.255 e. The molecule has 2 aromatic carbocycles. The first-order valence-electron chi connectivity index (χ1n) is 9.36. The Labute approximate surface area is 182 Å². The zero-order chi connectivity index (χ0) is 21.4. The van der Waals surface area contributed by atoms with E-state index in [4.69, 9.17) is 23.2 Å². The summed E-state index contributed by atoms with van der Waals surface area (Å²) in [4.78, 5) is 14.6. The number of sulfonamides is 1. The molecule has 0 radical (unpaired) electrons.